The molecule has 0 fully saturated rings. The SMILES string of the molecule is Cn1c(Nc2ccc(F)cc2)nc2cc(-c3ccsc3)sc2c1=O. The Kier molecular flexibility index (Phi) is 3.66. The maximum Gasteiger partial charge on any atom is 0.272 e. The lowest BCUT2D eigenvalue weighted by atomic mass is 10.3. The first kappa shape index (κ1) is 15.0. The molecule has 0 spiro atoms. The van der Waals surface area contributed by atoms with E-state index >= 15 is 0 Å². The van der Waals surface area contributed by atoms with Crippen molar-refractivity contribution in [2.24, 2.45) is 7.05 Å². The summed E-state index contributed by atoms with van der Waals surface area (Å²) >= 11 is 3.06. The Labute approximate surface area is 144 Å². The van der Waals surface area contributed by atoms with Gasteiger partial charge in [-0.2, -0.15) is 11.3 Å². The molecule has 0 bridgehead atoms. The molecule has 7 heteroatoms. The third kappa shape index (κ3) is 2.61. The van der Waals surface area contributed by atoms with Gasteiger partial charge in [-0.15, -0.1) is 11.3 Å². The first-order valence-corrected chi connectivity index (χ1v) is 8.93. The van der Waals surface area contributed by atoms with E-state index in [2.05, 4.69) is 10.3 Å². The summed E-state index contributed by atoms with van der Waals surface area (Å²) in [6.45, 7) is 0. The van der Waals surface area contributed by atoms with Crippen molar-refractivity contribution in [2.45, 2.75) is 0 Å². The number of nitrogens with zero attached hydrogens (tertiary/aromatic N) is 2. The van der Waals surface area contributed by atoms with Crippen molar-refractivity contribution < 1.29 is 4.39 Å². The monoisotopic (exact) mass is 357 g/mol. The molecule has 0 saturated carbocycles. The molecular formula is C17H12FN3OS2. The van der Waals surface area contributed by atoms with Gasteiger partial charge in [0.05, 0.1) is 5.52 Å². The van der Waals surface area contributed by atoms with Crippen molar-refractivity contribution in [3.05, 3.63) is 63.3 Å². The number of fused-ring (bicyclic) bond motifs is 1. The van der Waals surface area contributed by atoms with E-state index < -0.39 is 0 Å². The highest BCUT2D eigenvalue weighted by Crippen LogP contribution is 2.32. The Morgan fingerprint density at radius 1 is 1.21 bits per heavy atom. The van der Waals surface area contributed by atoms with Crippen molar-refractivity contribution in [1.29, 1.82) is 0 Å². The molecule has 4 nitrogen and oxygen atoms in total. The lowest BCUT2D eigenvalue weighted by molar-refractivity contribution is 0.628. The Morgan fingerprint density at radius 3 is 2.71 bits per heavy atom. The lowest BCUT2D eigenvalue weighted by Crippen LogP contribution is -2.20. The van der Waals surface area contributed by atoms with Gasteiger partial charge in [0.15, 0.2) is 0 Å². The van der Waals surface area contributed by atoms with E-state index in [1.165, 1.54) is 28.0 Å². The number of anilines is 2. The molecule has 0 atom stereocenters. The fourth-order valence-electron chi connectivity index (χ4n) is 2.38. The number of hydrogen-bond acceptors (Lipinski definition) is 5. The molecule has 0 saturated heterocycles. The summed E-state index contributed by atoms with van der Waals surface area (Å²) in [6.07, 6.45) is 0. The minimum absolute atomic E-state index is 0.101. The molecule has 3 aromatic heterocycles. The fourth-order valence-corrected chi connectivity index (χ4v) is 4.18. The van der Waals surface area contributed by atoms with E-state index in [9.17, 15) is 9.18 Å². The molecular weight excluding hydrogens is 345 g/mol. The summed E-state index contributed by atoms with van der Waals surface area (Å²) in [5.74, 6) is 0.116. The van der Waals surface area contributed by atoms with Crippen LogP contribution in [0.5, 0.6) is 0 Å². The van der Waals surface area contributed by atoms with Gasteiger partial charge in [-0.25, -0.2) is 9.37 Å². The zero-order valence-electron chi connectivity index (χ0n) is 12.6. The van der Waals surface area contributed by atoms with Crippen LogP contribution in [0.4, 0.5) is 16.0 Å². The number of thiophene rings is 2. The van der Waals surface area contributed by atoms with E-state index in [0.717, 1.165) is 10.4 Å². The van der Waals surface area contributed by atoms with E-state index in [1.807, 2.05) is 22.9 Å². The number of aromatic nitrogens is 2. The first-order chi connectivity index (χ1) is 11.6. The molecule has 0 aliphatic heterocycles. The Bertz CT molecular complexity index is 1070. The van der Waals surface area contributed by atoms with Crippen LogP contribution in [-0.2, 0) is 7.05 Å². The Balaban J connectivity index is 1.80. The quantitative estimate of drug-likeness (QED) is 0.583. The molecule has 4 rings (SSSR count). The molecule has 0 aliphatic carbocycles. The van der Waals surface area contributed by atoms with Crippen LogP contribution in [-0.4, -0.2) is 9.55 Å². The standard InChI is InChI=1S/C17H12FN3OS2/c1-21-16(22)15-13(8-14(24-15)10-6-7-23-9-10)20-17(21)19-12-4-2-11(18)3-5-12/h2-9H,1H3,(H,19,20). The highest BCUT2D eigenvalue weighted by molar-refractivity contribution is 7.22. The third-order valence-corrected chi connectivity index (χ3v) is 5.51. The summed E-state index contributed by atoms with van der Waals surface area (Å²) in [4.78, 5) is 18.2. The first-order valence-electron chi connectivity index (χ1n) is 7.17. The number of benzene rings is 1. The maximum atomic E-state index is 13.0. The van der Waals surface area contributed by atoms with Gasteiger partial charge in [0.2, 0.25) is 5.95 Å². The van der Waals surface area contributed by atoms with Crippen molar-refractivity contribution >= 4 is 44.5 Å². The van der Waals surface area contributed by atoms with Gasteiger partial charge in [0.25, 0.3) is 5.56 Å². The van der Waals surface area contributed by atoms with Crippen LogP contribution in [0.3, 0.4) is 0 Å². The topological polar surface area (TPSA) is 46.9 Å². The third-order valence-electron chi connectivity index (χ3n) is 3.66. The van der Waals surface area contributed by atoms with Gasteiger partial charge in [0, 0.05) is 23.2 Å². The van der Waals surface area contributed by atoms with Crippen LogP contribution in [0.25, 0.3) is 20.7 Å². The molecule has 4 aromatic rings. The summed E-state index contributed by atoms with van der Waals surface area (Å²) in [7, 11) is 1.67. The van der Waals surface area contributed by atoms with Crippen molar-refractivity contribution in [2.75, 3.05) is 5.32 Å². The molecule has 120 valence electrons. The number of nitrogens with one attached hydrogen (secondary N) is 1. The van der Waals surface area contributed by atoms with E-state index in [0.29, 0.717) is 21.9 Å². The second kappa shape index (κ2) is 5.85. The largest absolute Gasteiger partial charge is 0.326 e. The lowest BCUT2D eigenvalue weighted by Gasteiger charge is -2.09. The molecule has 1 aromatic carbocycles. The molecule has 3 heterocycles. The summed E-state index contributed by atoms with van der Waals surface area (Å²) in [5.41, 5.74) is 2.33. The molecule has 24 heavy (non-hydrogen) atoms. The van der Waals surface area contributed by atoms with Gasteiger partial charge in [-0.3, -0.25) is 9.36 Å². The van der Waals surface area contributed by atoms with Crippen molar-refractivity contribution in [1.82, 2.24) is 9.55 Å². The number of hydrogen-bond donors (Lipinski definition) is 1. The Morgan fingerprint density at radius 2 is 2.00 bits per heavy atom. The van der Waals surface area contributed by atoms with Crippen LogP contribution in [0, 0.1) is 5.82 Å². The average molecular weight is 357 g/mol. The van der Waals surface area contributed by atoms with Gasteiger partial charge in [-0.1, -0.05) is 0 Å². The zero-order valence-corrected chi connectivity index (χ0v) is 14.2. The molecule has 0 radical (unpaired) electrons. The van der Waals surface area contributed by atoms with Crippen molar-refractivity contribution in [3.63, 3.8) is 0 Å². The van der Waals surface area contributed by atoms with E-state index in [4.69, 9.17) is 0 Å². The fraction of sp³-hybridized carbons (Fsp3) is 0.0588. The van der Waals surface area contributed by atoms with Crippen LogP contribution in [0.2, 0.25) is 0 Å². The minimum atomic E-state index is -0.309. The molecule has 1 N–H and O–H groups in total. The average Bonchev–Trinajstić information content (AvgIpc) is 3.23. The molecule has 0 amide bonds. The van der Waals surface area contributed by atoms with Crippen molar-refractivity contribution in [3.8, 4) is 10.4 Å². The van der Waals surface area contributed by atoms with Crippen LogP contribution >= 0.6 is 22.7 Å². The van der Waals surface area contributed by atoms with E-state index in [1.54, 1.807) is 30.5 Å². The van der Waals surface area contributed by atoms with Gasteiger partial charge >= 0.3 is 0 Å². The van der Waals surface area contributed by atoms with Gasteiger partial charge in [0.1, 0.15) is 10.5 Å². The highest BCUT2D eigenvalue weighted by atomic mass is 32.1. The van der Waals surface area contributed by atoms with Gasteiger partial charge < -0.3 is 5.32 Å². The highest BCUT2D eigenvalue weighted by Gasteiger charge is 2.13. The predicted octanol–water partition coefficient (Wildman–Crippen LogP) is 4.61. The second-order valence-electron chi connectivity index (χ2n) is 5.27. The minimum Gasteiger partial charge on any atom is -0.326 e. The number of halogens is 1. The molecule has 0 aliphatic rings. The maximum absolute atomic E-state index is 13.0. The predicted molar refractivity (Wildman–Crippen MR) is 97.9 cm³/mol. The number of rotatable bonds is 3. The smallest absolute Gasteiger partial charge is 0.272 e. The normalized spacial score (nSPS) is 11.1. The Hall–Kier alpha value is -2.51. The van der Waals surface area contributed by atoms with Crippen LogP contribution < -0.4 is 10.9 Å². The summed E-state index contributed by atoms with van der Waals surface area (Å²) in [5, 5.41) is 7.12. The van der Waals surface area contributed by atoms with E-state index in [-0.39, 0.29) is 11.4 Å². The molecule has 0 unspecified atom stereocenters. The van der Waals surface area contributed by atoms with Gasteiger partial charge in [-0.05, 0) is 47.2 Å². The van der Waals surface area contributed by atoms with Crippen LogP contribution in [0.1, 0.15) is 0 Å². The zero-order chi connectivity index (χ0) is 16.7. The van der Waals surface area contributed by atoms with Crippen LogP contribution in [0.15, 0.2) is 52.0 Å². The summed E-state index contributed by atoms with van der Waals surface area (Å²) < 4.78 is 15.1. The second-order valence-corrected chi connectivity index (χ2v) is 7.10. The summed E-state index contributed by atoms with van der Waals surface area (Å²) in [6, 6.07) is 9.89.